The van der Waals surface area contributed by atoms with E-state index in [-0.39, 0.29) is 17.5 Å². The van der Waals surface area contributed by atoms with E-state index >= 15 is 0 Å². The Balaban J connectivity index is 1.17. The number of aromatic nitrogens is 1. The van der Waals surface area contributed by atoms with Gasteiger partial charge in [-0.2, -0.15) is 0 Å². The zero-order chi connectivity index (χ0) is 29.9. The van der Waals surface area contributed by atoms with Crippen molar-refractivity contribution in [3.8, 4) is 5.75 Å². The Morgan fingerprint density at radius 3 is 2.48 bits per heavy atom. The van der Waals surface area contributed by atoms with Crippen LogP contribution in [0.5, 0.6) is 5.75 Å². The van der Waals surface area contributed by atoms with Crippen molar-refractivity contribution in [2.45, 2.75) is 44.5 Å². The Hall–Kier alpha value is -3.15. The normalized spacial score (nSPS) is 17.7. The van der Waals surface area contributed by atoms with Crippen LogP contribution in [0.4, 0.5) is 18.9 Å². The van der Waals surface area contributed by atoms with E-state index in [1.165, 1.54) is 18.2 Å². The molecule has 0 N–H and O–H groups in total. The Kier molecular flexibility index (Phi) is 9.39. The van der Waals surface area contributed by atoms with Crippen molar-refractivity contribution >= 4 is 40.8 Å². The number of benzene rings is 2. The Morgan fingerprint density at radius 2 is 1.81 bits per heavy atom. The Labute approximate surface area is 251 Å². The number of piperidine rings is 1. The van der Waals surface area contributed by atoms with Gasteiger partial charge >= 0.3 is 6.36 Å². The van der Waals surface area contributed by atoms with Gasteiger partial charge in [0.05, 0.1) is 22.3 Å². The van der Waals surface area contributed by atoms with Crippen molar-refractivity contribution < 1.29 is 27.5 Å². The number of alkyl halides is 3. The first-order valence-electron chi connectivity index (χ1n) is 13.9. The third kappa shape index (κ3) is 7.25. The van der Waals surface area contributed by atoms with Crippen LogP contribution < -0.4 is 9.64 Å². The minimum absolute atomic E-state index is 0.103. The number of halogens is 4. The van der Waals surface area contributed by atoms with Gasteiger partial charge < -0.3 is 19.3 Å². The van der Waals surface area contributed by atoms with E-state index in [0.717, 1.165) is 59.8 Å². The number of carbonyl (C=O) groups is 2. The van der Waals surface area contributed by atoms with Crippen molar-refractivity contribution in [1.82, 2.24) is 14.8 Å². The van der Waals surface area contributed by atoms with Crippen molar-refractivity contribution in [2.24, 2.45) is 0 Å². The molecular formula is C30H32ClF3N4O3S. The molecule has 1 atom stereocenters. The average Bonchev–Trinajstić information content (AvgIpc) is 3.35. The van der Waals surface area contributed by atoms with Crippen molar-refractivity contribution in [2.75, 3.05) is 44.2 Å². The largest absolute Gasteiger partial charge is 0.573 e. The summed E-state index contributed by atoms with van der Waals surface area (Å²) >= 11 is 7.77. The van der Waals surface area contributed by atoms with E-state index in [1.807, 2.05) is 31.2 Å². The Bertz CT molecular complexity index is 1400. The highest BCUT2D eigenvalue weighted by Gasteiger charge is 2.34. The lowest BCUT2D eigenvalue weighted by Crippen LogP contribution is -2.51. The van der Waals surface area contributed by atoms with Crippen LogP contribution >= 0.6 is 22.9 Å². The van der Waals surface area contributed by atoms with Crippen LogP contribution in [0.3, 0.4) is 0 Å². The maximum Gasteiger partial charge on any atom is 0.573 e. The summed E-state index contributed by atoms with van der Waals surface area (Å²) in [5.74, 6) is -0.828. The van der Waals surface area contributed by atoms with Crippen LogP contribution in [-0.4, -0.2) is 78.6 Å². The molecule has 0 radical (unpaired) electrons. The van der Waals surface area contributed by atoms with E-state index < -0.39 is 18.0 Å². The second-order valence-electron chi connectivity index (χ2n) is 10.6. The fourth-order valence-electron chi connectivity index (χ4n) is 5.62. The molecule has 0 aliphatic carbocycles. The molecule has 1 unspecified atom stereocenters. The lowest BCUT2D eigenvalue weighted by molar-refractivity contribution is -0.274. The lowest BCUT2D eigenvalue weighted by atomic mass is 9.96. The highest BCUT2D eigenvalue weighted by atomic mass is 35.5. The fourth-order valence-corrected chi connectivity index (χ4v) is 6.92. The molecular weight excluding hydrogens is 589 g/mol. The minimum atomic E-state index is -4.88. The molecule has 0 saturated carbocycles. The Morgan fingerprint density at radius 1 is 1.10 bits per heavy atom. The number of thiazole rings is 1. The lowest BCUT2D eigenvalue weighted by Gasteiger charge is -2.38. The molecule has 2 aliphatic rings. The summed E-state index contributed by atoms with van der Waals surface area (Å²) in [4.78, 5) is 37.2. The number of aryl methyl sites for hydroxylation is 1. The first-order chi connectivity index (χ1) is 20.1. The summed E-state index contributed by atoms with van der Waals surface area (Å²) in [5.41, 5.74) is 1.89. The first kappa shape index (κ1) is 30.3. The minimum Gasteiger partial charge on any atom is -0.405 e. The van der Waals surface area contributed by atoms with E-state index in [0.29, 0.717) is 37.4 Å². The molecule has 2 fully saturated rings. The molecule has 3 aromatic rings. The molecule has 12 heteroatoms. The molecule has 0 spiro atoms. The molecule has 3 heterocycles. The van der Waals surface area contributed by atoms with Crippen LogP contribution in [0.2, 0.25) is 5.02 Å². The molecule has 1 amide bonds. The standard InChI is InChI=1S/C30H32ClF3N4O3S/c1-20-26(18-24(19-39)37-15-13-36(14-16-37)23-6-4-5-22(31)17-23)35-28(42-20)21-9-11-38(12-10-21)29(40)25-7-2-3-8-27(25)41-30(32,33)34/h2-8,17,19,21,24H,9-16,18H2,1H3. The number of piperazine rings is 1. The number of para-hydroxylation sites is 1. The molecule has 5 rings (SSSR count). The van der Waals surface area contributed by atoms with Gasteiger partial charge in [-0.1, -0.05) is 29.8 Å². The van der Waals surface area contributed by atoms with Crippen LogP contribution in [0.15, 0.2) is 48.5 Å². The van der Waals surface area contributed by atoms with Crippen molar-refractivity contribution in [3.05, 3.63) is 74.7 Å². The van der Waals surface area contributed by atoms with Gasteiger partial charge in [0, 0.05) is 67.2 Å². The predicted molar refractivity (Wildman–Crippen MR) is 157 cm³/mol. The molecule has 1 aromatic heterocycles. The second kappa shape index (κ2) is 13.0. The molecule has 2 aliphatic heterocycles. The third-order valence-electron chi connectivity index (χ3n) is 7.90. The summed E-state index contributed by atoms with van der Waals surface area (Å²) in [6.45, 7) is 5.96. The van der Waals surface area contributed by atoms with Crippen LogP contribution in [0, 0.1) is 6.92 Å². The van der Waals surface area contributed by atoms with Gasteiger partial charge in [0.15, 0.2) is 0 Å². The quantitative estimate of drug-likeness (QED) is 0.290. The topological polar surface area (TPSA) is 66.0 Å². The van der Waals surface area contributed by atoms with E-state index in [2.05, 4.69) is 14.5 Å². The monoisotopic (exact) mass is 620 g/mol. The van der Waals surface area contributed by atoms with Crippen LogP contribution in [-0.2, 0) is 11.2 Å². The summed E-state index contributed by atoms with van der Waals surface area (Å²) in [5, 5.41) is 1.68. The predicted octanol–water partition coefficient (Wildman–Crippen LogP) is 5.96. The summed E-state index contributed by atoms with van der Waals surface area (Å²) in [6.07, 6.45) is -2.02. The smallest absolute Gasteiger partial charge is 0.405 e. The van der Waals surface area contributed by atoms with Crippen LogP contribution in [0.25, 0.3) is 0 Å². The maximum atomic E-state index is 13.0. The molecule has 0 bridgehead atoms. The van der Waals surface area contributed by atoms with Gasteiger partial charge in [-0.25, -0.2) is 4.98 Å². The molecule has 7 nitrogen and oxygen atoms in total. The number of anilines is 1. The number of amides is 1. The fraction of sp³-hybridized carbons (Fsp3) is 0.433. The van der Waals surface area contributed by atoms with Crippen LogP contribution in [0.1, 0.15) is 44.7 Å². The number of carbonyl (C=O) groups excluding carboxylic acids is 2. The molecule has 42 heavy (non-hydrogen) atoms. The zero-order valence-electron chi connectivity index (χ0n) is 23.1. The first-order valence-corrected chi connectivity index (χ1v) is 15.1. The van der Waals surface area contributed by atoms with Crippen molar-refractivity contribution in [3.63, 3.8) is 0 Å². The number of aldehydes is 1. The van der Waals surface area contributed by atoms with E-state index in [1.54, 1.807) is 16.2 Å². The van der Waals surface area contributed by atoms with Crippen molar-refractivity contribution in [1.29, 1.82) is 0 Å². The number of nitrogens with zero attached hydrogens (tertiary/aromatic N) is 4. The van der Waals surface area contributed by atoms with Gasteiger partial charge in [0.25, 0.3) is 5.91 Å². The summed E-state index contributed by atoms with van der Waals surface area (Å²) in [6, 6.07) is 13.0. The molecule has 2 saturated heterocycles. The zero-order valence-corrected chi connectivity index (χ0v) is 24.7. The number of ether oxygens (including phenoxy) is 1. The SMILES string of the molecule is Cc1sc(C2CCN(C(=O)c3ccccc3OC(F)(F)F)CC2)nc1CC(C=O)N1CCN(c2cccc(Cl)c2)CC1. The number of rotatable bonds is 8. The highest BCUT2D eigenvalue weighted by Crippen LogP contribution is 2.35. The maximum absolute atomic E-state index is 13.0. The van der Waals surface area contributed by atoms with Gasteiger partial charge in [-0.3, -0.25) is 9.69 Å². The van der Waals surface area contributed by atoms with Gasteiger partial charge in [-0.05, 0) is 50.1 Å². The summed E-state index contributed by atoms with van der Waals surface area (Å²) < 4.78 is 42.5. The summed E-state index contributed by atoms with van der Waals surface area (Å²) in [7, 11) is 0. The van der Waals surface area contributed by atoms with Gasteiger partial charge in [0.1, 0.15) is 12.0 Å². The molecule has 2 aromatic carbocycles. The number of hydrogen-bond acceptors (Lipinski definition) is 7. The van der Waals surface area contributed by atoms with E-state index in [9.17, 15) is 22.8 Å². The highest BCUT2D eigenvalue weighted by molar-refractivity contribution is 7.11. The number of likely N-dealkylation sites (tertiary alicyclic amines) is 1. The second-order valence-corrected chi connectivity index (χ2v) is 12.2. The van der Waals surface area contributed by atoms with E-state index in [4.69, 9.17) is 16.6 Å². The average molecular weight is 621 g/mol. The third-order valence-corrected chi connectivity index (χ3v) is 9.31. The van der Waals surface area contributed by atoms with Gasteiger partial charge in [0.2, 0.25) is 0 Å². The molecule has 224 valence electrons. The van der Waals surface area contributed by atoms with Gasteiger partial charge in [-0.15, -0.1) is 24.5 Å². The number of hydrogen-bond donors (Lipinski definition) is 0.